The van der Waals surface area contributed by atoms with Crippen LogP contribution in [0.4, 0.5) is 0 Å². The van der Waals surface area contributed by atoms with Crippen molar-refractivity contribution in [2.45, 2.75) is 46.1 Å². The molecule has 2 N–H and O–H groups in total. The molecule has 1 aromatic heterocycles. The molecule has 0 bridgehead atoms. The molecule has 1 heterocycles. The van der Waals surface area contributed by atoms with E-state index in [1.165, 1.54) is 4.88 Å². The summed E-state index contributed by atoms with van der Waals surface area (Å²) in [5, 5.41) is 8.44. The van der Waals surface area contributed by atoms with E-state index in [1.807, 2.05) is 20.8 Å². The summed E-state index contributed by atoms with van der Waals surface area (Å²) in [6, 6.07) is 4.19. The molecule has 5 nitrogen and oxygen atoms in total. The van der Waals surface area contributed by atoms with E-state index in [9.17, 15) is 4.79 Å². The lowest BCUT2D eigenvalue weighted by atomic mass is 10.1. The van der Waals surface area contributed by atoms with Gasteiger partial charge in [-0.15, -0.1) is 35.3 Å². The van der Waals surface area contributed by atoms with Crippen molar-refractivity contribution in [3.05, 3.63) is 22.4 Å². The average molecular weight is 453 g/mol. The second-order valence-electron chi connectivity index (χ2n) is 5.35. The summed E-state index contributed by atoms with van der Waals surface area (Å²) < 4.78 is 5.10. The fourth-order valence-electron chi connectivity index (χ4n) is 1.84. The molecule has 132 valence electrons. The Morgan fingerprint density at radius 3 is 2.65 bits per heavy atom. The van der Waals surface area contributed by atoms with Crippen LogP contribution in [0.25, 0.3) is 0 Å². The lowest BCUT2D eigenvalue weighted by Gasteiger charge is -2.13. The van der Waals surface area contributed by atoms with E-state index in [-0.39, 0.29) is 36.0 Å². The van der Waals surface area contributed by atoms with Crippen molar-refractivity contribution < 1.29 is 9.53 Å². The van der Waals surface area contributed by atoms with E-state index in [0.717, 1.165) is 12.5 Å². The van der Waals surface area contributed by atoms with Gasteiger partial charge in [-0.3, -0.25) is 9.79 Å². The highest BCUT2D eigenvalue weighted by Gasteiger charge is 2.08. The van der Waals surface area contributed by atoms with Gasteiger partial charge in [-0.2, -0.15) is 0 Å². The summed E-state index contributed by atoms with van der Waals surface area (Å²) in [6.07, 6.45) is 0.268. The quantitative estimate of drug-likeness (QED) is 0.274. The number of guanidine groups is 1. The molecule has 0 saturated heterocycles. The molecule has 1 unspecified atom stereocenters. The van der Waals surface area contributed by atoms with Gasteiger partial charge in [0.1, 0.15) is 0 Å². The van der Waals surface area contributed by atoms with Crippen LogP contribution < -0.4 is 10.6 Å². The molecule has 1 atom stereocenters. The van der Waals surface area contributed by atoms with Gasteiger partial charge in [-0.1, -0.05) is 13.0 Å². The monoisotopic (exact) mass is 453 g/mol. The highest BCUT2D eigenvalue weighted by molar-refractivity contribution is 14.0. The second kappa shape index (κ2) is 12.6. The van der Waals surface area contributed by atoms with Crippen LogP contribution in [0.2, 0.25) is 0 Å². The zero-order valence-electron chi connectivity index (χ0n) is 14.3. The Balaban J connectivity index is 0.00000484. The minimum absolute atomic E-state index is 0. The number of esters is 1. The number of carbonyl (C=O) groups excluding carboxylic acids is 1. The zero-order valence-corrected chi connectivity index (χ0v) is 17.4. The SMILES string of the molecule is CCNC(=NCC(C)c1cccs1)NCCC(=O)OC(C)C.I. The number of thiophene rings is 1. The molecule has 1 rings (SSSR count). The number of hydrogen-bond acceptors (Lipinski definition) is 4. The van der Waals surface area contributed by atoms with E-state index in [1.54, 1.807) is 11.3 Å². The highest BCUT2D eigenvalue weighted by atomic mass is 127. The number of carbonyl (C=O) groups is 1. The maximum atomic E-state index is 11.5. The fraction of sp³-hybridized carbons (Fsp3) is 0.625. The Morgan fingerprint density at radius 1 is 1.35 bits per heavy atom. The summed E-state index contributed by atoms with van der Waals surface area (Å²) in [5.41, 5.74) is 0. The van der Waals surface area contributed by atoms with Gasteiger partial charge in [-0.05, 0) is 32.2 Å². The molecule has 0 amide bonds. The number of nitrogens with one attached hydrogen (secondary N) is 2. The Kier molecular flexibility index (Phi) is 12.1. The van der Waals surface area contributed by atoms with Gasteiger partial charge in [0.05, 0.1) is 19.1 Å². The van der Waals surface area contributed by atoms with E-state index >= 15 is 0 Å². The van der Waals surface area contributed by atoms with Crippen molar-refractivity contribution in [2.75, 3.05) is 19.6 Å². The third kappa shape index (κ3) is 9.80. The molecule has 0 spiro atoms. The first-order valence-corrected chi connectivity index (χ1v) is 8.66. The number of halogens is 1. The first-order valence-electron chi connectivity index (χ1n) is 7.78. The predicted octanol–water partition coefficient (Wildman–Crippen LogP) is 3.37. The van der Waals surface area contributed by atoms with Crippen molar-refractivity contribution in [3.63, 3.8) is 0 Å². The first kappa shape index (κ1) is 22.2. The van der Waals surface area contributed by atoms with Gasteiger partial charge in [-0.25, -0.2) is 0 Å². The lowest BCUT2D eigenvalue weighted by Crippen LogP contribution is -2.38. The third-order valence-electron chi connectivity index (χ3n) is 2.89. The predicted molar refractivity (Wildman–Crippen MR) is 108 cm³/mol. The van der Waals surface area contributed by atoms with Crippen LogP contribution in [-0.2, 0) is 9.53 Å². The summed E-state index contributed by atoms with van der Waals surface area (Å²) in [7, 11) is 0. The average Bonchev–Trinajstić information content (AvgIpc) is 2.97. The van der Waals surface area contributed by atoms with Crippen molar-refractivity contribution in [1.29, 1.82) is 0 Å². The van der Waals surface area contributed by atoms with Crippen molar-refractivity contribution in [1.82, 2.24) is 10.6 Å². The molecule has 0 radical (unpaired) electrons. The van der Waals surface area contributed by atoms with Gasteiger partial charge in [0.25, 0.3) is 0 Å². The summed E-state index contributed by atoms with van der Waals surface area (Å²) in [5.74, 6) is 0.940. The third-order valence-corrected chi connectivity index (χ3v) is 3.99. The summed E-state index contributed by atoms with van der Waals surface area (Å²) in [4.78, 5) is 17.4. The van der Waals surface area contributed by atoms with Gasteiger partial charge in [0.2, 0.25) is 0 Å². The van der Waals surface area contributed by atoms with Crippen LogP contribution in [0.5, 0.6) is 0 Å². The second-order valence-corrected chi connectivity index (χ2v) is 6.33. The van der Waals surface area contributed by atoms with Gasteiger partial charge in [0, 0.05) is 23.9 Å². The van der Waals surface area contributed by atoms with Crippen molar-refractivity contribution in [3.8, 4) is 0 Å². The van der Waals surface area contributed by atoms with Crippen LogP contribution in [0.15, 0.2) is 22.5 Å². The van der Waals surface area contributed by atoms with Crippen LogP contribution in [-0.4, -0.2) is 37.7 Å². The molecule has 0 aliphatic rings. The van der Waals surface area contributed by atoms with Crippen molar-refractivity contribution in [2.24, 2.45) is 4.99 Å². The molecule has 7 heteroatoms. The molecular formula is C16H28IN3O2S. The van der Waals surface area contributed by atoms with Crippen LogP contribution in [0.1, 0.15) is 44.9 Å². The van der Waals surface area contributed by atoms with E-state index in [0.29, 0.717) is 25.4 Å². The number of aliphatic imine (C=N–C) groups is 1. The maximum absolute atomic E-state index is 11.5. The van der Waals surface area contributed by atoms with Gasteiger partial charge in [0.15, 0.2) is 5.96 Å². The molecule has 1 aromatic rings. The molecule has 0 aromatic carbocycles. The molecule has 0 fully saturated rings. The van der Waals surface area contributed by atoms with Crippen LogP contribution in [0.3, 0.4) is 0 Å². The molecule has 0 aliphatic heterocycles. The Morgan fingerprint density at radius 2 is 2.09 bits per heavy atom. The number of hydrogen-bond donors (Lipinski definition) is 2. The lowest BCUT2D eigenvalue weighted by molar-refractivity contribution is -0.147. The normalized spacial score (nSPS) is 12.5. The van der Waals surface area contributed by atoms with E-state index in [2.05, 4.69) is 40.1 Å². The van der Waals surface area contributed by atoms with Crippen molar-refractivity contribution >= 4 is 47.2 Å². The summed E-state index contributed by atoms with van der Waals surface area (Å²) >= 11 is 1.75. The van der Waals surface area contributed by atoms with E-state index in [4.69, 9.17) is 4.74 Å². The topological polar surface area (TPSA) is 62.7 Å². The smallest absolute Gasteiger partial charge is 0.307 e. The molecule has 0 aliphatic carbocycles. The number of rotatable bonds is 8. The Labute approximate surface area is 160 Å². The first-order chi connectivity index (χ1) is 10.5. The summed E-state index contributed by atoms with van der Waals surface area (Å²) in [6.45, 7) is 9.91. The minimum Gasteiger partial charge on any atom is -0.463 e. The maximum Gasteiger partial charge on any atom is 0.307 e. The highest BCUT2D eigenvalue weighted by Crippen LogP contribution is 2.20. The fourth-order valence-corrected chi connectivity index (χ4v) is 2.61. The largest absolute Gasteiger partial charge is 0.463 e. The minimum atomic E-state index is -0.190. The van der Waals surface area contributed by atoms with E-state index < -0.39 is 0 Å². The van der Waals surface area contributed by atoms with Gasteiger partial charge >= 0.3 is 5.97 Å². The Hall–Kier alpha value is -0.830. The molecule has 23 heavy (non-hydrogen) atoms. The molecular weight excluding hydrogens is 425 g/mol. The number of nitrogens with zero attached hydrogens (tertiary/aromatic N) is 1. The number of ether oxygens (including phenoxy) is 1. The van der Waals surface area contributed by atoms with Crippen LogP contribution in [0, 0.1) is 0 Å². The zero-order chi connectivity index (χ0) is 16.4. The van der Waals surface area contributed by atoms with Gasteiger partial charge < -0.3 is 15.4 Å². The standard InChI is InChI=1S/C16H27N3O2S.HI/c1-5-17-16(18-9-8-15(20)21-12(2)3)19-11-13(4)14-7-6-10-22-14;/h6-7,10,12-13H,5,8-9,11H2,1-4H3,(H2,17,18,19);1H. The Bertz CT molecular complexity index is 464. The molecule has 0 saturated carbocycles. The van der Waals surface area contributed by atoms with Crippen LogP contribution >= 0.6 is 35.3 Å².